The fourth-order valence-electron chi connectivity index (χ4n) is 3.27. The van der Waals surface area contributed by atoms with E-state index in [0.717, 1.165) is 23.0 Å². The molecule has 0 saturated heterocycles. The Balaban J connectivity index is 1.62. The Morgan fingerprint density at radius 2 is 1.57 bits per heavy atom. The van der Waals surface area contributed by atoms with Crippen molar-refractivity contribution in [2.75, 3.05) is 5.32 Å². The molecule has 1 N–H and O–H groups in total. The highest BCUT2D eigenvalue weighted by atomic mass is 19.4. The highest BCUT2D eigenvalue weighted by molar-refractivity contribution is 6.09. The molecular weight excluding hydrogens is 396 g/mol. The number of amides is 1. The summed E-state index contributed by atoms with van der Waals surface area (Å²) < 4.78 is 53.3. The average molecular weight is 412 g/mol. The van der Waals surface area contributed by atoms with Crippen molar-refractivity contribution >= 4 is 22.5 Å². The van der Waals surface area contributed by atoms with E-state index in [2.05, 4.69) is 5.32 Å². The molecular formula is C23H16F4N2O. The first-order valence-corrected chi connectivity index (χ1v) is 9.12. The van der Waals surface area contributed by atoms with Crippen molar-refractivity contribution < 1.29 is 22.4 Å². The summed E-state index contributed by atoms with van der Waals surface area (Å²) in [6.07, 6.45) is -2.64. The molecule has 4 aromatic rings. The summed E-state index contributed by atoms with van der Waals surface area (Å²) in [5.41, 5.74) is 1.70. The van der Waals surface area contributed by atoms with E-state index in [1.165, 1.54) is 36.4 Å². The average Bonchev–Trinajstić information content (AvgIpc) is 3.05. The van der Waals surface area contributed by atoms with E-state index in [1.807, 2.05) is 28.8 Å². The lowest BCUT2D eigenvalue weighted by Crippen LogP contribution is -2.11. The maximum atomic E-state index is 13.1. The first-order valence-electron chi connectivity index (χ1n) is 9.12. The summed E-state index contributed by atoms with van der Waals surface area (Å²) in [6.45, 7) is 0.338. The molecule has 0 unspecified atom stereocenters. The second kappa shape index (κ2) is 7.67. The molecule has 3 nitrogen and oxygen atoms in total. The molecule has 0 radical (unpaired) electrons. The number of hydrogen-bond acceptors (Lipinski definition) is 1. The number of carbonyl (C=O) groups is 1. The van der Waals surface area contributed by atoms with Crippen LogP contribution in [-0.4, -0.2) is 10.5 Å². The Kier molecular flexibility index (Phi) is 5.03. The first-order chi connectivity index (χ1) is 14.3. The van der Waals surface area contributed by atoms with Gasteiger partial charge in [0.05, 0.1) is 16.8 Å². The van der Waals surface area contributed by atoms with Gasteiger partial charge in [-0.25, -0.2) is 4.39 Å². The van der Waals surface area contributed by atoms with Gasteiger partial charge in [-0.3, -0.25) is 4.79 Å². The molecule has 152 valence electrons. The van der Waals surface area contributed by atoms with Crippen LogP contribution >= 0.6 is 0 Å². The lowest BCUT2D eigenvalue weighted by atomic mass is 10.1. The van der Waals surface area contributed by atoms with Gasteiger partial charge in [0.1, 0.15) is 5.82 Å². The Hall–Kier alpha value is -3.61. The number of carbonyl (C=O) groups excluding carboxylic acids is 1. The molecule has 0 spiro atoms. The molecule has 0 bridgehead atoms. The van der Waals surface area contributed by atoms with E-state index in [-0.39, 0.29) is 5.91 Å². The van der Waals surface area contributed by atoms with Crippen molar-refractivity contribution in [2.45, 2.75) is 12.7 Å². The van der Waals surface area contributed by atoms with Gasteiger partial charge < -0.3 is 9.88 Å². The normalized spacial score (nSPS) is 11.6. The Morgan fingerprint density at radius 1 is 0.900 bits per heavy atom. The van der Waals surface area contributed by atoms with Gasteiger partial charge >= 0.3 is 6.18 Å². The van der Waals surface area contributed by atoms with Crippen LogP contribution in [0.4, 0.5) is 23.2 Å². The Labute approximate surface area is 169 Å². The van der Waals surface area contributed by atoms with Crippen LogP contribution in [0.1, 0.15) is 21.5 Å². The molecule has 1 heterocycles. The fourth-order valence-corrected chi connectivity index (χ4v) is 3.27. The minimum Gasteiger partial charge on any atom is -0.341 e. The number of benzene rings is 3. The van der Waals surface area contributed by atoms with Gasteiger partial charge in [-0.1, -0.05) is 30.3 Å². The van der Waals surface area contributed by atoms with Crippen molar-refractivity contribution in [2.24, 2.45) is 0 Å². The summed E-state index contributed by atoms with van der Waals surface area (Å²) in [5.74, 6) is -0.813. The molecule has 0 aliphatic rings. The summed E-state index contributed by atoms with van der Waals surface area (Å²) in [7, 11) is 0. The van der Waals surface area contributed by atoms with Crippen LogP contribution in [0.3, 0.4) is 0 Å². The van der Waals surface area contributed by atoms with Gasteiger partial charge in [0.2, 0.25) is 0 Å². The van der Waals surface area contributed by atoms with E-state index in [1.54, 1.807) is 6.20 Å². The third kappa shape index (κ3) is 4.05. The van der Waals surface area contributed by atoms with Crippen molar-refractivity contribution in [3.05, 3.63) is 102 Å². The van der Waals surface area contributed by atoms with Crippen molar-refractivity contribution in [3.8, 4) is 0 Å². The maximum Gasteiger partial charge on any atom is 0.416 e. The molecule has 0 aliphatic heterocycles. The molecule has 0 aliphatic carbocycles. The van der Waals surface area contributed by atoms with Crippen LogP contribution in [0, 0.1) is 5.82 Å². The highest BCUT2D eigenvalue weighted by Gasteiger charge is 2.29. The van der Waals surface area contributed by atoms with Gasteiger partial charge in [0.25, 0.3) is 5.91 Å². The lowest BCUT2D eigenvalue weighted by Gasteiger charge is -2.09. The predicted octanol–water partition coefficient (Wildman–Crippen LogP) is 6.10. The Bertz CT molecular complexity index is 1190. The zero-order valence-corrected chi connectivity index (χ0v) is 15.6. The molecule has 0 fully saturated rings. The van der Waals surface area contributed by atoms with Crippen LogP contribution in [-0.2, 0) is 12.7 Å². The minimum atomic E-state index is -4.38. The van der Waals surface area contributed by atoms with E-state index in [4.69, 9.17) is 0 Å². The van der Waals surface area contributed by atoms with Crippen molar-refractivity contribution in [1.29, 1.82) is 0 Å². The number of fused-ring (bicyclic) bond motifs is 1. The monoisotopic (exact) mass is 412 g/mol. The number of halogens is 4. The third-order valence-corrected chi connectivity index (χ3v) is 4.78. The smallest absolute Gasteiger partial charge is 0.341 e. The van der Waals surface area contributed by atoms with Crippen LogP contribution in [0.2, 0.25) is 0 Å². The summed E-state index contributed by atoms with van der Waals surface area (Å²) in [4.78, 5) is 12.5. The van der Waals surface area contributed by atoms with E-state index in [0.29, 0.717) is 23.4 Å². The largest absolute Gasteiger partial charge is 0.416 e. The molecule has 1 amide bonds. The van der Waals surface area contributed by atoms with Crippen LogP contribution in [0.15, 0.2) is 79.0 Å². The summed E-state index contributed by atoms with van der Waals surface area (Å²) in [5, 5.41) is 3.62. The molecule has 30 heavy (non-hydrogen) atoms. The van der Waals surface area contributed by atoms with Crippen molar-refractivity contribution in [3.63, 3.8) is 0 Å². The number of para-hydroxylation sites is 1. The second-order valence-electron chi connectivity index (χ2n) is 6.84. The molecule has 0 atom stereocenters. The van der Waals surface area contributed by atoms with Gasteiger partial charge in [-0.2, -0.15) is 13.2 Å². The molecule has 0 saturated carbocycles. The summed E-state index contributed by atoms with van der Waals surface area (Å²) in [6, 6.07) is 17.6. The number of aromatic nitrogens is 1. The number of rotatable bonds is 4. The quantitative estimate of drug-likeness (QED) is 0.404. The zero-order chi connectivity index (χ0) is 21.3. The molecule has 3 aromatic carbocycles. The molecule has 7 heteroatoms. The highest BCUT2D eigenvalue weighted by Crippen LogP contribution is 2.30. The minimum absolute atomic E-state index is 0.316. The van der Waals surface area contributed by atoms with Gasteiger partial charge in [-0.15, -0.1) is 0 Å². The standard InChI is InChI=1S/C23H16F4N2O/c24-18-11-7-16(8-12-18)22(30)28-20-14-29(21-4-2-1-3-19(20)21)13-15-5-9-17(10-6-15)23(25,26)27/h1-12,14H,13H2,(H,28,30). The van der Waals surface area contributed by atoms with Crippen LogP contribution in [0.25, 0.3) is 10.9 Å². The van der Waals surface area contributed by atoms with E-state index in [9.17, 15) is 22.4 Å². The van der Waals surface area contributed by atoms with E-state index >= 15 is 0 Å². The summed E-state index contributed by atoms with van der Waals surface area (Å²) >= 11 is 0. The predicted molar refractivity (Wildman–Crippen MR) is 107 cm³/mol. The van der Waals surface area contributed by atoms with Crippen LogP contribution < -0.4 is 5.32 Å². The third-order valence-electron chi connectivity index (χ3n) is 4.78. The number of hydrogen-bond donors (Lipinski definition) is 1. The Morgan fingerprint density at radius 3 is 2.23 bits per heavy atom. The topological polar surface area (TPSA) is 34.0 Å². The fraction of sp³-hybridized carbons (Fsp3) is 0.0870. The first kappa shape index (κ1) is 19.7. The van der Waals surface area contributed by atoms with Crippen molar-refractivity contribution in [1.82, 2.24) is 4.57 Å². The van der Waals surface area contributed by atoms with Gasteiger partial charge in [-0.05, 0) is 48.0 Å². The lowest BCUT2D eigenvalue weighted by molar-refractivity contribution is -0.137. The number of nitrogens with zero attached hydrogens (tertiary/aromatic N) is 1. The zero-order valence-electron chi connectivity index (χ0n) is 15.6. The number of nitrogens with one attached hydrogen (secondary N) is 1. The SMILES string of the molecule is O=C(Nc1cn(Cc2ccc(C(F)(F)F)cc2)c2ccccc12)c1ccc(F)cc1. The second-order valence-corrected chi connectivity index (χ2v) is 6.84. The van der Waals surface area contributed by atoms with Gasteiger partial charge in [0, 0.05) is 23.7 Å². The maximum absolute atomic E-state index is 13.1. The molecule has 1 aromatic heterocycles. The van der Waals surface area contributed by atoms with Gasteiger partial charge in [0.15, 0.2) is 0 Å². The number of anilines is 1. The number of alkyl halides is 3. The van der Waals surface area contributed by atoms with E-state index < -0.39 is 17.6 Å². The molecule has 4 rings (SSSR count). The van der Waals surface area contributed by atoms with Crippen LogP contribution in [0.5, 0.6) is 0 Å².